The number of hydrogen-bond acceptors (Lipinski definition) is 7. The predicted octanol–water partition coefficient (Wildman–Crippen LogP) is 7.82. The van der Waals surface area contributed by atoms with Crippen LogP contribution in [0.25, 0.3) is 0 Å². The summed E-state index contributed by atoms with van der Waals surface area (Å²) >= 11 is 8.80. The van der Waals surface area contributed by atoms with Crippen molar-refractivity contribution >= 4 is 102 Å². The Balaban J connectivity index is 2.28. The van der Waals surface area contributed by atoms with E-state index in [4.69, 9.17) is 18.9 Å². The van der Waals surface area contributed by atoms with Crippen molar-refractivity contribution in [1.82, 2.24) is 5.32 Å². The number of halogens is 4. The summed E-state index contributed by atoms with van der Waals surface area (Å²) in [5.74, 6) is 1.51. The van der Waals surface area contributed by atoms with Crippen LogP contribution in [0.2, 0.25) is 0 Å². The van der Waals surface area contributed by atoms with Crippen molar-refractivity contribution in [2.45, 2.75) is 84.7 Å². The monoisotopic (exact) mass is 1000 g/mol. The number of carbonyl (C=O) groups excluding carboxylic acids is 2. The quantitative estimate of drug-likeness (QED) is 0.185. The Kier molecular flexibility index (Phi) is 13.8. The van der Waals surface area contributed by atoms with Gasteiger partial charge >= 0.3 is 12.1 Å². The number of nitrogens with one attached hydrogen (secondary N) is 1. The standard InChI is InChI=1S/C28H35I4NO7/c1-8-16(34)14-37-23-20(31)12-17(13-21(23)32)38-24-18(29)9-15(10-19(24)30)11-22(25(35)39-27(2,3)4)33-26(36)40-28(5,6)7/h9-10,12-13,16,22,34H,8,11,14H2,1-7H3,(H,33,36). The topological polar surface area (TPSA) is 103 Å². The number of amides is 1. The molecule has 0 aliphatic rings. The van der Waals surface area contributed by atoms with Crippen molar-refractivity contribution in [2.24, 2.45) is 0 Å². The molecule has 2 aromatic rings. The predicted molar refractivity (Wildman–Crippen MR) is 188 cm³/mol. The number of aliphatic hydroxyl groups excluding tert-OH is 1. The average molecular weight is 1010 g/mol. The van der Waals surface area contributed by atoms with Crippen LogP contribution in [0.3, 0.4) is 0 Å². The zero-order valence-corrected chi connectivity index (χ0v) is 32.1. The number of rotatable bonds is 10. The second-order valence-electron chi connectivity index (χ2n) is 11.0. The van der Waals surface area contributed by atoms with Gasteiger partial charge in [-0.15, -0.1) is 0 Å². The van der Waals surface area contributed by atoms with Gasteiger partial charge in [-0.1, -0.05) is 6.92 Å². The molecule has 0 aromatic heterocycles. The molecule has 0 saturated carbocycles. The third kappa shape index (κ3) is 12.1. The fraction of sp³-hybridized carbons (Fsp3) is 0.500. The Morgan fingerprint density at radius 1 is 0.850 bits per heavy atom. The lowest BCUT2D eigenvalue weighted by Crippen LogP contribution is -2.47. The maximum absolute atomic E-state index is 13.0. The van der Waals surface area contributed by atoms with Crippen molar-refractivity contribution in [3.05, 3.63) is 44.1 Å². The first-order chi connectivity index (χ1) is 18.4. The van der Waals surface area contributed by atoms with Crippen molar-refractivity contribution in [3.8, 4) is 17.2 Å². The number of ether oxygens (including phenoxy) is 4. The van der Waals surface area contributed by atoms with Crippen LogP contribution in [-0.4, -0.2) is 47.1 Å². The van der Waals surface area contributed by atoms with Gasteiger partial charge in [0.2, 0.25) is 0 Å². The molecule has 40 heavy (non-hydrogen) atoms. The highest BCUT2D eigenvalue weighted by Gasteiger charge is 2.29. The molecule has 2 atom stereocenters. The van der Waals surface area contributed by atoms with E-state index in [-0.39, 0.29) is 13.0 Å². The largest absolute Gasteiger partial charge is 0.489 e. The van der Waals surface area contributed by atoms with E-state index in [0.29, 0.717) is 23.7 Å². The maximum Gasteiger partial charge on any atom is 0.408 e. The lowest BCUT2D eigenvalue weighted by Gasteiger charge is -2.26. The van der Waals surface area contributed by atoms with E-state index < -0.39 is 35.4 Å². The van der Waals surface area contributed by atoms with E-state index in [1.807, 2.05) is 31.2 Å². The van der Waals surface area contributed by atoms with Gasteiger partial charge in [0.15, 0.2) is 5.75 Å². The summed E-state index contributed by atoms with van der Waals surface area (Å²) in [4.78, 5) is 25.5. The summed E-state index contributed by atoms with van der Waals surface area (Å²) in [6, 6.07) is 6.69. The van der Waals surface area contributed by atoms with Gasteiger partial charge in [-0.05, 0) is 168 Å². The smallest absolute Gasteiger partial charge is 0.408 e. The number of benzene rings is 2. The number of alkyl carbamates (subject to hydrolysis) is 1. The molecule has 0 bridgehead atoms. The molecular formula is C28H35I4NO7. The molecule has 222 valence electrons. The lowest BCUT2D eigenvalue weighted by atomic mass is 10.1. The molecule has 0 aliphatic heterocycles. The van der Waals surface area contributed by atoms with Gasteiger partial charge in [-0.25, -0.2) is 9.59 Å². The van der Waals surface area contributed by atoms with Gasteiger partial charge in [0.05, 0.1) is 20.4 Å². The normalized spacial score (nSPS) is 13.3. The van der Waals surface area contributed by atoms with E-state index in [9.17, 15) is 14.7 Å². The van der Waals surface area contributed by atoms with E-state index >= 15 is 0 Å². The van der Waals surface area contributed by atoms with Crippen LogP contribution in [0.15, 0.2) is 24.3 Å². The minimum atomic E-state index is -0.936. The second kappa shape index (κ2) is 15.4. The van der Waals surface area contributed by atoms with Crippen LogP contribution in [0.5, 0.6) is 17.2 Å². The lowest BCUT2D eigenvalue weighted by molar-refractivity contribution is -0.157. The van der Waals surface area contributed by atoms with Crippen LogP contribution in [0.1, 0.15) is 60.5 Å². The Morgan fingerprint density at radius 3 is 1.82 bits per heavy atom. The highest BCUT2D eigenvalue weighted by Crippen LogP contribution is 2.37. The molecule has 1 amide bonds. The fourth-order valence-corrected chi connectivity index (χ4v) is 7.37. The summed E-state index contributed by atoms with van der Waals surface area (Å²) in [5.41, 5.74) is -0.588. The van der Waals surface area contributed by atoms with Gasteiger partial charge < -0.3 is 29.4 Å². The Morgan fingerprint density at radius 2 is 1.35 bits per heavy atom. The summed E-state index contributed by atoms with van der Waals surface area (Å²) in [5, 5.41) is 12.5. The third-order valence-electron chi connectivity index (χ3n) is 4.96. The molecule has 0 spiro atoms. The van der Waals surface area contributed by atoms with E-state index in [1.54, 1.807) is 41.5 Å². The molecule has 0 aliphatic carbocycles. The number of aliphatic hydroxyl groups is 1. The highest BCUT2D eigenvalue weighted by molar-refractivity contribution is 14.1. The average Bonchev–Trinajstić information content (AvgIpc) is 2.78. The van der Waals surface area contributed by atoms with Gasteiger partial charge in [0, 0.05) is 6.42 Å². The van der Waals surface area contributed by atoms with Gasteiger partial charge in [0.25, 0.3) is 0 Å². The molecule has 0 radical (unpaired) electrons. The number of carbonyl (C=O) groups is 2. The van der Waals surface area contributed by atoms with Crippen molar-refractivity contribution in [1.29, 1.82) is 0 Å². The highest BCUT2D eigenvalue weighted by atomic mass is 127. The second-order valence-corrected chi connectivity index (χ2v) is 15.7. The van der Waals surface area contributed by atoms with Crippen LogP contribution in [-0.2, 0) is 20.7 Å². The molecule has 12 heteroatoms. The van der Waals surface area contributed by atoms with Crippen molar-refractivity contribution in [2.75, 3.05) is 6.61 Å². The van der Waals surface area contributed by atoms with Gasteiger partial charge in [0.1, 0.15) is 35.3 Å². The van der Waals surface area contributed by atoms with Gasteiger partial charge in [-0.3, -0.25) is 0 Å². The minimum absolute atomic E-state index is 0.214. The Bertz CT molecular complexity index is 1160. The van der Waals surface area contributed by atoms with Gasteiger partial charge in [-0.2, -0.15) is 0 Å². The molecular weight excluding hydrogens is 970 g/mol. The van der Waals surface area contributed by atoms with Crippen LogP contribution >= 0.6 is 90.4 Å². The summed E-state index contributed by atoms with van der Waals surface area (Å²) in [6.07, 6.45) is -0.366. The summed E-state index contributed by atoms with van der Waals surface area (Å²) in [7, 11) is 0. The first kappa shape index (κ1) is 35.9. The molecule has 0 saturated heterocycles. The fourth-order valence-electron chi connectivity index (χ4n) is 3.23. The molecule has 0 heterocycles. The molecule has 2 unspecified atom stereocenters. The summed E-state index contributed by atoms with van der Waals surface area (Å²) < 4.78 is 26.5. The first-order valence-corrected chi connectivity index (χ1v) is 16.9. The van der Waals surface area contributed by atoms with Crippen molar-refractivity contribution < 1.29 is 33.6 Å². The number of hydrogen-bond donors (Lipinski definition) is 2. The molecule has 0 fully saturated rings. The third-order valence-corrected chi connectivity index (χ3v) is 8.17. The van der Waals surface area contributed by atoms with E-state index in [1.165, 1.54) is 0 Å². The molecule has 2 N–H and O–H groups in total. The Labute approximate surface area is 290 Å². The molecule has 2 rings (SSSR count). The van der Waals surface area contributed by atoms with E-state index in [2.05, 4.69) is 95.7 Å². The molecule has 8 nitrogen and oxygen atoms in total. The van der Waals surface area contributed by atoms with Crippen LogP contribution in [0.4, 0.5) is 4.79 Å². The SMILES string of the molecule is CCC(O)COc1c(I)cc(Oc2c(I)cc(CC(NC(=O)OC(C)(C)C)C(=O)OC(C)(C)C)cc2I)cc1I. The maximum atomic E-state index is 13.0. The van der Waals surface area contributed by atoms with Crippen LogP contribution < -0.4 is 14.8 Å². The zero-order chi connectivity index (χ0) is 30.4. The van der Waals surface area contributed by atoms with E-state index in [0.717, 1.165) is 19.8 Å². The van der Waals surface area contributed by atoms with Crippen molar-refractivity contribution in [3.63, 3.8) is 0 Å². The zero-order valence-electron chi connectivity index (χ0n) is 23.5. The van der Waals surface area contributed by atoms with Crippen LogP contribution in [0, 0.1) is 14.3 Å². The minimum Gasteiger partial charge on any atom is -0.489 e. The summed E-state index contributed by atoms with van der Waals surface area (Å²) in [6.45, 7) is 12.8. The first-order valence-electron chi connectivity index (χ1n) is 12.6. The Hall–Kier alpha value is -0.340. The number of esters is 1. The molecule has 2 aromatic carbocycles.